The largest absolute Gasteiger partial charge is 0.538 e. The first-order valence-corrected chi connectivity index (χ1v) is 9.98. The molecule has 0 aliphatic heterocycles. The van der Waals surface area contributed by atoms with Gasteiger partial charge in [0.2, 0.25) is 0 Å². The van der Waals surface area contributed by atoms with E-state index >= 15 is 0 Å². The van der Waals surface area contributed by atoms with Gasteiger partial charge in [-0.2, -0.15) is 13.2 Å². The Labute approximate surface area is 156 Å². The first-order valence-electron chi connectivity index (χ1n) is 7.99. The zero-order valence-electron chi connectivity index (χ0n) is 14.5. The quantitative estimate of drug-likeness (QED) is 0.430. The molecule has 0 amide bonds. The molecule has 0 N–H and O–H groups in total. The monoisotopic (exact) mass is 395 g/mol. The van der Waals surface area contributed by atoms with Gasteiger partial charge in [0.25, 0.3) is 0 Å². The highest BCUT2D eigenvalue weighted by Gasteiger charge is 2.43. The molecule has 3 aromatic rings. The van der Waals surface area contributed by atoms with Crippen molar-refractivity contribution in [2.24, 2.45) is 0 Å². The number of para-hydroxylation sites is 3. The number of rotatable bonds is 6. The minimum absolute atomic E-state index is 0.718. The molecule has 0 radical (unpaired) electrons. The molecule has 0 saturated carbocycles. The summed E-state index contributed by atoms with van der Waals surface area (Å²) in [5, 5.41) is 0. The van der Waals surface area contributed by atoms with Crippen molar-refractivity contribution < 1.29 is 26.7 Å². The second-order valence-corrected chi connectivity index (χ2v) is 7.32. The van der Waals surface area contributed by atoms with Crippen molar-refractivity contribution in [3.63, 3.8) is 0 Å². The summed E-state index contributed by atoms with van der Waals surface area (Å²) < 4.78 is 47.2. The summed E-state index contributed by atoms with van der Waals surface area (Å²) in [6, 6.07) is 28.7. The van der Waals surface area contributed by atoms with Crippen LogP contribution in [-0.4, -0.2) is 13.3 Å². The third-order valence-corrected chi connectivity index (χ3v) is 4.67. The average Bonchev–Trinajstić information content (AvgIpc) is 2.63. The highest BCUT2D eigenvalue weighted by atomic mass is 31.2. The molecule has 0 atom stereocenters. The van der Waals surface area contributed by atoms with Gasteiger partial charge < -0.3 is 0 Å². The van der Waals surface area contributed by atoms with Crippen LogP contribution in [0.2, 0.25) is 0 Å². The molecule has 3 rings (SSSR count). The van der Waals surface area contributed by atoms with E-state index in [-0.39, 0.29) is 0 Å². The maximum Gasteiger partial charge on any atom is 0.538 e. The zero-order valence-corrected chi connectivity index (χ0v) is 15.4. The zero-order chi connectivity index (χ0) is 19.5. The number of hydrogen-bond donors (Lipinski definition) is 0. The maximum atomic E-state index is 9.67. The third kappa shape index (κ3) is 8.01. The second-order valence-electron chi connectivity index (χ2n) is 5.23. The Morgan fingerprint density at radius 3 is 1.00 bits per heavy atom. The first-order chi connectivity index (χ1) is 13.0. The van der Waals surface area contributed by atoms with Crippen molar-refractivity contribution in [1.82, 2.24) is 0 Å². The van der Waals surface area contributed by atoms with Crippen LogP contribution in [-0.2, 0) is 0 Å². The molecule has 0 fully saturated rings. The molecule has 0 saturated heterocycles. The minimum atomic E-state index is -3.67. The molecule has 0 spiro atoms. The topological polar surface area (TPSA) is 27.7 Å². The fourth-order valence-corrected chi connectivity index (χ4v) is 3.70. The van der Waals surface area contributed by atoms with Crippen LogP contribution in [0.25, 0.3) is 0 Å². The summed E-state index contributed by atoms with van der Waals surface area (Å²) in [4.78, 5) is 0. The lowest BCUT2D eigenvalue weighted by Gasteiger charge is -2.19. The van der Waals surface area contributed by atoms with Crippen molar-refractivity contribution in [1.29, 1.82) is 0 Å². The number of benzene rings is 3. The number of halogens is 3. The van der Waals surface area contributed by atoms with Crippen LogP contribution in [0.4, 0.5) is 13.2 Å². The van der Waals surface area contributed by atoms with Crippen LogP contribution in [0.5, 0.6) is 17.2 Å². The maximum absolute atomic E-state index is 9.67. The van der Waals surface area contributed by atoms with Gasteiger partial charge in [-0.15, -0.1) is 0 Å². The van der Waals surface area contributed by atoms with Crippen molar-refractivity contribution in [2.75, 3.05) is 6.66 Å². The molecule has 0 unspecified atom stereocenters. The average molecular weight is 395 g/mol. The van der Waals surface area contributed by atoms with E-state index in [0.29, 0.717) is 0 Å². The minimum Gasteiger partial charge on any atom is -0.272 e. The van der Waals surface area contributed by atoms with Crippen LogP contribution < -0.4 is 13.6 Å². The van der Waals surface area contributed by atoms with Gasteiger partial charge in [0, 0.05) is 0 Å². The van der Waals surface area contributed by atoms with Gasteiger partial charge in [-0.1, -0.05) is 54.6 Å². The summed E-state index contributed by atoms with van der Waals surface area (Å²) in [6.07, 6.45) is 0. The molecule has 7 heteroatoms. The Hall–Kier alpha value is -2.72. The van der Waals surface area contributed by atoms with E-state index < -0.39 is 14.6 Å². The first kappa shape index (κ1) is 20.6. The van der Waals surface area contributed by atoms with E-state index in [0.717, 1.165) is 17.2 Å². The van der Waals surface area contributed by atoms with Gasteiger partial charge >= 0.3 is 14.6 Å². The molecule has 3 nitrogen and oxygen atoms in total. The lowest BCUT2D eigenvalue weighted by Crippen LogP contribution is -2.13. The summed E-state index contributed by atoms with van der Waals surface area (Å²) in [5.74, 6) is 2.15. The normalized spacial score (nSPS) is 10.6. The van der Waals surface area contributed by atoms with Crippen molar-refractivity contribution in [3.8, 4) is 17.2 Å². The fraction of sp³-hybridized carbons (Fsp3) is 0.100. The van der Waals surface area contributed by atoms with E-state index in [1.165, 1.54) is 0 Å². The summed E-state index contributed by atoms with van der Waals surface area (Å²) in [6.45, 7) is -1.81. The van der Waals surface area contributed by atoms with E-state index in [4.69, 9.17) is 13.6 Å². The molecule has 0 aliphatic rings. The van der Waals surface area contributed by atoms with Gasteiger partial charge in [0.15, 0.2) is 23.9 Å². The standard InChI is InChI=1S/C19H18O3P.CHF3/c1-23(20-17-11-5-2-6-12-17,21-18-13-7-3-8-14-18)22-19-15-9-4-10-16-19;2-1(3)4/h2-16H,1H3;1H/q+1;. The lowest BCUT2D eigenvalue weighted by atomic mass is 10.3. The third-order valence-electron chi connectivity index (χ3n) is 3.04. The van der Waals surface area contributed by atoms with Gasteiger partial charge in [-0.25, -0.2) is 0 Å². The number of alkyl halides is 3. The smallest absolute Gasteiger partial charge is 0.272 e. The van der Waals surface area contributed by atoms with Crippen LogP contribution in [0.15, 0.2) is 91.0 Å². The summed E-state index contributed by atoms with van der Waals surface area (Å²) in [5.41, 5.74) is 0. The van der Waals surface area contributed by atoms with Crippen molar-refractivity contribution in [3.05, 3.63) is 91.0 Å². The van der Waals surface area contributed by atoms with E-state index in [1.807, 2.05) is 97.7 Å². The van der Waals surface area contributed by atoms with Gasteiger partial charge in [0.1, 0.15) is 0 Å². The predicted octanol–water partition coefficient (Wildman–Crippen LogP) is 6.79. The summed E-state index contributed by atoms with van der Waals surface area (Å²) >= 11 is 0. The molecule has 142 valence electrons. The van der Waals surface area contributed by atoms with E-state index in [9.17, 15) is 13.2 Å². The highest BCUT2D eigenvalue weighted by Crippen LogP contribution is 2.57. The van der Waals surface area contributed by atoms with Crippen LogP contribution in [0.3, 0.4) is 0 Å². The fourth-order valence-electron chi connectivity index (χ4n) is 2.07. The molecule has 0 aromatic heterocycles. The van der Waals surface area contributed by atoms with Crippen molar-refractivity contribution >= 4 is 7.94 Å². The molecule has 0 bridgehead atoms. The molecule has 3 aromatic carbocycles. The van der Waals surface area contributed by atoms with E-state index in [1.54, 1.807) is 0 Å². The van der Waals surface area contributed by atoms with Gasteiger partial charge in [-0.3, -0.25) is 13.6 Å². The summed E-state index contributed by atoms with van der Waals surface area (Å²) in [7, 11) is -2.64. The second kappa shape index (κ2) is 10.4. The molecule has 0 aliphatic carbocycles. The van der Waals surface area contributed by atoms with Gasteiger partial charge in [-0.05, 0) is 36.4 Å². The SMILES string of the molecule is C[P+](Oc1ccccc1)(Oc1ccccc1)Oc1ccccc1.FC(F)F. The molecule has 0 heterocycles. The van der Waals surface area contributed by atoms with Gasteiger partial charge in [0.05, 0.1) is 0 Å². The van der Waals surface area contributed by atoms with Crippen molar-refractivity contribution in [2.45, 2.75) is 6.68 Å². The Bertz CT molecular complexity index is 670. The Balaban J connectivity index is 0.000000596. The molecular formula is C20H19F3O3P+. The van der Waals surface area contributed by atoms with Crippen LogP contribution in [0, 0.1) is 0 Å². The molecule has 27 heavy (non-hydrogen) atoms. The lowest BCUT2D eigenvalue weighted by molar-refractivity contribution is 0.00819. The van der Waals surface area contributed by atoms with Crippen LogP contribution in [0.1, 0.15) is 0 Å². The predicted molar refractivity (Wildman–Crippen MR) is 101 cm³/mol. The van der Waals surface area contributed by atoms with Crippen LogP contribution >= 0.6 is 7.94 Å². The molecular weight excluding hydrogens is 376 g/mol. The Morgan fingerprint density at radius 2 is 0.778 bits per heavy atom. The highest BCUT2D eigenvalue weighted by molar-refractivity contribution is 7.62. The number of hydrogen-bond acceptors (Lipinski definition) is 3. The van der Waals surface area contributed by atoms with E-state index in [2.05, 4.69) is 0 Å². The Morgan fingerprint density at radius 1 is 0.556 bits per heavy atom. The Kier molecular flexibility index (Phi) is 7.96.